The van der Waals surface area contributed by atoms with Crippen molar-refractivity contribution >= 4 is 22.9 Å². The van der Waals surface area contributed by atoms with Crippen molar-refractivity contribution in [1.82, 2.24) is 0 Å². The van der Waals surface area contributed by atoms with Gasteiger partial charge in [-0.3, -0.25) is 0 Å². The van der Waals surface area contributed by atoms with E-state index in [0.29, 0.717) is 0 Å². The van der Waals surface area contributed by atoms with Crippen LogP contribution >= 0.6 is 22.9 Å². The Morgan fingerprint density at radius 2 is 1.81 bits per heavy atom. The molecule has 0 radical (unpaired) electrons. The largest absolute Gasteiger partial charge is 0.320 e. The van der Waals surface area contributed by atoms with Crippen LogP contribution in [0, 0.1) is 13.8 Å². The number of benzene rings is 1. The van der Waals surface area contributed by atoms with Gasteiger partial charge in [-0.2, -0.15) is 0 Å². The van der Waals surface area contributed by atoms with Gasteiger partial charge < -0.3 is 5.73 Å². The normalized spacial score (nSPS) is 12.8. The lowest BCUT2D eigenvalue weighted by Crippen LogP contribution is -2.11. The molecule has 2 rings (SSSR count). The van der Waals surface area contributed by atoms with Crippen molar-refractivity contribution in [3.05, 3.63) is 56.2 Å². The maximum atomic E-state index is 6.24. The predicted octanol–water partition coefficient (Wildman–Crippen LogP) is 4.07. The van der Waals surface area contributed by atoms with Gasteiger partial charge in [0.1, 0.15) is 0 Å². The minimum atomic E-state index is -0.0535. The molecule has 0 spiro atoms. The Balaban J connectivity index is 2.35. The fourth-order valence-corrected chi connectivity index (χ4v) is 2.91. The summed E-state index contributed by atoms with van der Waals surface area (Å²) in [5, 5.41) is 0.745. The molecular weight excluding hydrogens is 238 g/mol. The SMILES string of the molecule is Cc1cc(C(N)c2ccc(Cl)cc2)c(C)s1. The predicted molar refractivity (Wildman–Crippen MR) is 71.3 cm³/mol. The van der Waals surface area contributed by atoms with Gasteiger partial charge in [0.05, 0.1) is 6.04 Å². The first-order valence-corrected chi connectivity index (χ1v) is 6.35. The van der Waals surface area contributed by atoms with E-state index in [-0.39, 0.29) is 6.04 Å². The lowest BCUT2D eigenvalue weighted by atomic mass is 10.0. The van der Waals surface area contributed by atoms with E-state index in [4.69, 9.17) is 17.3 Å². The number of halogens is 1. The highest BCUT2D eigenvalue weighted by molar-refractivity contribution is 7.12. The van der Waals surface area contributed by atoms with Crippen LogP contribution in [0.15, 0.2) is 30.3 Å². The zero-order valence-electron chi connectivity index (χ0n) is 9.33. The van der Waals surface area contributed by atoms with Crippen LogP contribution in [0.1, 0.15) is 26.9 Å². The average molecular weight is 252 g/mol. The van der Waals surface area contributed by atoms with Gasteiger partial charge in [0.25, 0.3) is 0 Å². The Hall–Kier alpha value is -0.830. The molecule has 1 atom stereocenters. The van der Waals surface area contributed by atoms with E-state index < -0.39 is 0 Å². The van der Waals surface area contributed by atoms with E-state index >= 15 is 0 Å². The molecule has 0 aliphatic carbocycles. The van der Waals surface area contributed by atoms with Crippen molar-refractivity contribution < 1.29 is 0 Å². The highest BCUT2D eigenvalue weighted by atomic mass is 35.5. The van der Waals surface area contributed by atoms with Crippen LogP contribution in [-0.4, -0.2) is 0 Å². The Bertz CT molecular complexity index is 487. The second-order valence-corrected chi connectivity index (χ2v) is 5.79. The fourth-order valence-electron chi connectivity index (χ4n) is 1.81. The molecule has 0 fully saturated rings. The van der Waals surface area contributed by atoms with E-state index in [1.807, 2.05) is 24.3 Å². The molecule has 0 saturated heterocycles. The molecule has 2 aromatic rings. The van der Waals surface area contributed by atoms with Crippen molar-refractivity contribution in [2.24, 2.45) is 5.73 Å². The van der Waals surface area contributed by atoms with E-state index in [2.05, 4.69) is 19.9 Å². The molecule has 0 aliphatic rings. The number of hydrogen-bond acceptors (Lipinski definition) is 2. The van der Waals surface area contributed by atoms with Crippen LogP contribution in [0.2, 0.25) is 5.02 Å². The molecule has 84 valence electrons. The van der Waals surface area contributed by atoms with Crippen molar-refractivity contribution in [3.8, 4) is 0 Å². The molecule has 16 heavy (non-hydrogen) atoms. The van der Waals surface area contributed by atoms with Gasteiger partial charge in [-0.1, -0.05) is 23.7 Å². The molecule has 1 unspecified atom stereocenters. The van der Waals surface area contributed by atoms with Crippen molar-refractivity contribution in [2.45, 2.75) is 19.9 Å². The van der Waals surface area contributed by atoms with Crippen LogP contribution in [0.25, 0.3) is 0 Å². The summed E-state index contributed by atoms with van der Waals surface area (Å²) in [5.74, 6) is 0. The number of rotatable bonds is 2. The molecule has 0 saturated carbocycles. The summed E-state index contributed by atoms with van der Waals surface area (Å²) in [6.45, 7) is 4.22. The molecule has 1 heterocycles. The first-order valence-electron chi connectivity index (χ1n) is 5.16. The van der Waals surface area contributed by atoms with Gasteiger partial charge in [-0.05, 0) is 43.2 Å². The smallest absolute Gasteiger partial charge is 0.0562 e. The van der Waals surface area contributed by atoms with Gasteiger partial charge in [-0.25, -0.2) is 0 Å². The van der Waals surface area contributed by atoms with E-state index in [0.717, 1.165) is 10.6 Å². The fraction of sp³-hybridized carbons (Fsp3) is 0.231. The maximum absolute atomic E-state index is 6.24. The summed E-state index contributed by atoms with van der Waals surface area (Å²) < 4.78 is 0. The van der Waals surface area contributed by atoms with Crippen molar-refractivity contribution in [1.29, 1.82) is 0 Å². The second kappa shape index (κ2) is 4.58. The second-order valence-electron chi connectivity index (χ2n) is 3.90. The molecule has 1 nitrogen and oxygen atoms in total. The Morgan fingerprint density at radius 1 is 1.19 bits per heavy atom. The van der Waals surface area contributed by atoms with Crippen LogP contribution in [0.3, 0.4) is 0 Å². The molecule has 0 aliphatic heterocycles. The third-order valence-electron chi connectivity index (χ3n) is 2.64. The van der Waals surface area contributed by atoms with Crippen molar-refractivity contribution in [2.75, 3.05) is 0 Å². The molecule has 0 bridgehead atoms. The number of hydrogen-bond donors (Lipinski definition) is 1. The number of nitrogens with two attached hydrogens (primary N) is 1. The van der Waals surface area contributed by atoms with Gasteiger partial charge in [0.15, 0.2) is 0 Å². The first kappa shape index (κ1) is 11.6. The van der Waals surface area contributed by atoms with Gasteiger partial charge >= 0.3 is 0 Å². The summed E-state index contributed by atoms with van der Waals surface area (Å²) in [6.07, 6.45) is 0. The Kier molecular flexibility index (Phi) is 3.33. The minimum Gasteiger partial charge on any atom is -0.320 e. The van der Waals surface area contributed by atoms with Gasteiger partial charge in [0, 0.05) is 14.8 Å². The lowest BCUT2D eigenvalue weighted by molar-refractivity contribution is 0.869. The quantitative estimate of drug-likeness (QED) is 0.856. The number of aryl methyl sites for hydroxylation is 2. The molecular formula is C13H14ClNS. The highest BCUT2D eigenvalue weighted by Gasteiger charge is 2.13. The summed E-state index contributed by atoms with van der Waals surface area (Å²) >= 11 is 7.65. The molecule has 1 aromatic heterocycles. The van der Waals surface area contributed by atoms with E-state index in [1.165, 1.54) is 15.3 Å². The summed E-state index contributed by atoms with van der Waals surface area (Å²) in [7, 11) is 0. The monoisotopic (exact) mass is 251 g/mol. The average Bonchev–Trinajstić information content (AvgIpc) is 2.58. The van der Waals surface area contributed by atoms with E-state index in [1.54, 1.807) is 11.3 Å². The third-order valence-corrected chi connectivity index (χ3v) is 3.88. The standard InChI is InChI=1S/C13H14ClNS/c1-8-7-12(9(2)16-8)13(15)10-3-5-11(14)6-4-10/h3-7,13H,15H2,1-2H3. The van der Waals surface area contributed by atoms with Crippen molar-refractivity contribution in [3.63, 3.8) is 0 Å². The van der Waals surface area contributed by atoms with Gasteiger partial charge in [0.2, 0.25) is 0 Å². The topological polar surface area (TPSA) is 26.0 Å². The lowest BCUT2D eigenvalue weighted by Gasteiger charge is -2.11. The van der Waals surface area contributed by atoms with Crippen LogP contribution in [0.5, 0.6) is 0 Å². The van der Waals surface area contributed by atoms with Crippen LogP contribution in [0.4, 0.5) is 0 Å². The molecule has 2 N–H and O–H groups in total. The Morgan fingerprint density at radius 3 is 2.31 bits per heavy atom. The summed E-state index contributed by atoms with van der Waals surface area (Å²) in [5.41, 5.74) is 8.56. The highest BCUT2D eigenvalue weighted by Crippen LogP contribution is 2.29. The summed E-state index contributed by atoms with van der Waals surface area (Å²) in [6, 6.07) is 9.84. The van der Waals surface area contributed by atoms with Crippen LogP contribution in [-0.2, 0) is 0 Å². The Labute approximate surface area is 105 Å². The molecule has 1 aromatic carbocycles. The zero-order valence-corrected chi connectivity index (χ0v) is 10.9. The van der Waals surface area contributed by atoms with Crippen LogP contribution < -0.4 is 5.73 Å². The van der Waals surface area contributed by atoms with Gasteiger partial charge in [-0.15, -0.1) is 11.3 Å². The third kappa shape index (κ3) is 2.29. The maximum Gasteiger partial charge on any atom is 0.0562 e. The molecule has 3 heteroatoms. The zero-order chi connectivity index (χ0) is 11.7. The summed E-state index contributed by atoms with van der Waals surface area (Å²) in [4.78, 5) is 2.59. The molecule has 0 amide bonds. The van der Waals surface area contributed by atoms with E-state index in [9.17, 15) is 0 Å². The minimum absolute atomic E-state index is 0.0535. The first-order chi connectivity index (χ1) is 7.58. The number of thiophene rings is 1.